The van der Waals surface area contributed by atoms with E-state index in [4.69, 9.17) is 4.74 Å². The summed E-state index contributed by atoms with van der Waals surface area (Å²) in [5.41, 5.74) is 1.01. The van der Waals surface area contributed by atoms with Gasteiger partial charge in [0.15, 0.2) is 0 Å². The molecule has 0 radical (unpaired) electrons. The number of hydrogen-bond acceptors (Lipinski definition) is 4. The second-order valence-corrected chi connectivity index (χ2v) is 5.61. The summed E-state index contributed by atoms with van der Waals surface area (Å²) in [5.74, 6) is 0.919. The van der Waals surface area contributed by atoms with Crippen molar-refractivity contribution in [3.63, 3.8) is 0 Å². The Hall–Kier alpha value is -1.59. The highest BCUT2D eigenvalue weighted by Gasteiger charge is 2.16. The Labute approximate surface area is 133 Å². The zero-order chi connectivity index (χ0) is 15.8. The maximum atomic E-state index is 12.0. The summed E-state index contributed by atoms with van der Waals surface area (Å²) in [5, 5.41) is 2.98. The van der Waals surface area contributed by atoms with Gasteiger partial charge in [0.1, 0.15) is 5.75 Å². The number of methoxy groups -OCH3 is 1. The van der Waals surface area contributed by atoms with Gasteiger partial charge in [-0.15, -0.1) is 0 Å². The summed E-state index contributed by atoms with van der Waals surface area (Å²) in [6, 6.07) is 7.77. The molecule has 0 saturated carbocycles. The lowest BCUT2D eigenvalue weighted by atomic mass is 10.2. The fraction of sp³-hybridized carbons (Fsp3) is 0.588. The predicted octanol–water partition coefficient (Wildman–Crippen LogP) is 1.34. The quantitative estimate of drug-likeness (QED) is 0.826. The number of likely N-dealkylation sites (N-methyl/N-ethyl adjacent to an activating group) is 1. The predicted molar refractivity (Wildman–Crippen MR) is 88.0 cm³/mol. The average Bonchev–Trinajstić information content (AvgIpc) is 2.58. The van der Waals surface area contributed by atoms with Gasteiger partial charge in [-0.25, -0.2) is 0 Å². The van der Waals surface area contributed by atoms with Crippen LogP contribution in [0.1, 0.15) is 18.9 Å². The molecule has 0 unspecified atom stereocenters. The van der Waals surface area contributed by atoms with E-state index < -0.39 is 0 Å². The van der Waals surface area contributed by atoms with Crippen LogP contribution in [0.5, 0.6) is 5.75 Å². The second kappa shape index (κ2) is 8.76. The van der Waals surface area contributed by atoms with Gasteiger partial charge in [-0.1, -0.05) is 25.1 Å². The molecule has 122 valence electrons. The number of benzene rings is 1. The fourth-order valence-corrected chi connectivity index (χ4v) is 2.72. The molecule has 1 amide bonds. The number of para-hydroxylation sites is 1. The lowest BCUT2D eigenvalue weighted by molar-refractivity contribution is -0.121. The van der Waals surface area contributed by atoms with Crippen molar-refractivity contribution in [2.75, 3.05) is 46.4 Å². The maximum Gasteiger partial charge on any atom is 0.221 e. The SMILES string of the molecule is CCN1CCN(CCC(=O)NCc2ccccc2OC)CC1. The highest BCUT2D eigenvalue weighted by atomic mass is 16.5. The van der Waals surface area contributed by atoms with Crippen LogP contribution in [0.3, 0.4) is 0 Å². The van der Waals surface area contributed by atoms with Crippen molar-refractivity contribution in [1.29, 1.82) is 0 Å². The Balaban J connectivity index is 1.68. The van der Waals surface area contributed by atoms with Crippen LogP contribution >= 0.6 is 0 Å². The lowest BCUT2D eigenvalue weighted by Gasteiger charge is -2.33. The lowest BCUT2D eigenvalue weighted by Crippen LogP contribution is -2.46. The van der Waals surface area contributed by atoms with E-state index in [1.54, 1.807) is 7.11 Å². The van der Waals surface area contributed by atoms with Crippen LogP contribution in [0.15, 0.2) is 24.3 Å². The Bertz CT molecular complexity index is 471. The van der Waals surface area contributed by atoms with E-state index in [2.05, 4.69) is 22.0 Å². The van der Waals surface area contributed by atoms with Crippen LogP contribution in [0, 0.1) is 0 Å². The molecule has 5 nitrogen and oxygen atoms in total. The summed E-state index contributed by atoms with van der Waals surface area (Å²) < 4.78 is 5.29. The van der Waals surface area contributed by atoms with Gasteiger partial charge >= 0.3 is 0 Å². The summed E-state index contributed by atoms with van der Waals surface area (Å²) in [7, 11) is 1.65. The molecule has 0 aliphatic carbocycles. The molecule has 1 fully saturated rings. The highest BCUT2D eigenvalue weighted by Crippen LogP contribution is 2.16. The highest BCUT2D eigenvalue weighted by molar-refractivity contribution is 5.76. The van der Waals surface area contributed by atoms with Crippen molar-refractivity contribution in [3.05, 3.63) is 29.8 Å². The molecule has 1 N–H and O–H groups in total. The first kappa shape index (κ1) is 16.8. The molecular formula is C17H27N3O2. The third-order valence-corrected chi connectivity index (χ3v) is 4.24. The molecule has 1 aliphatic heterocycles. The molecule has 0 bridgehead atoms. The molecule has 5 heteroatoms. The van der Waals surface area contributed by atoms with Crippen molar-refractivity contribution in [2.24, 2.45) is 0 Å². The summed E-state index contributed by atoms with van der Waals surface area (Å²) in [6.07, 6.45) is 0.557. The van der Waals surface area contributed by atoms with E-state index >= 15 is 0 Å². The number of rotatable bonds is 7. The largest absolute Gasteiger partial charge is 0.496 e. The third-order valence-electron chi connectivity index (χ3n) is 4.24. The van der Waals surface area contributed by atoms with Crippen LogP contribution in [0.4, 0.5) is 0 Å². The zero-order valence-corrected chi connectivity index (χ0v) is 13.7. The van der Waals surface area contributed by atoms with Crippen LogP contribution < -0.4 is 10.1 Å². The van der Waals surface area contributed by atoms with E-state index in [-0.39, 0.29) is 5.91 Å². The number of carbonyl (C=O) groups is 1. The van der Waals surface area contributed by atoms with Gasteiger partial charge in [0.2, 0.25) is 5.91 Å². The van der Waals surface area contributed by atoms with Crippen LogP contribution in [0.2, 0.25) is 0 Å². The van der Waals surface area contributed by atoms with Crippen molar-refractivity contribution in [2.45, 2.75) is 19.9 Å². The first-order valence-electron chi connectivity index (χ1n) is 8.06. The summed E-state index contributed by atoms with van der Waals surface area (Å²) in [4.78, 5) is 16.8. The number of nitrogens with zero attached hydrogens (tertiary/aromatic N) is 2. The van der Waals surface area contributed by atoms with Crippen molar-refractivity contribution in [3.8, 4) is 5.75 Å². The van der Waals surface area contributed by atoms with Gasteiger partial charge in [-0.2, -0.15) is 0 Å². The fourth-order valence-electron chi connectivity index (χ4n) is 2.72. The van der Waals surface area contributed by atoms with E-state index in [1.807, 2.05) is 24.3 Å². The molecule has 0 spiro atoms. The van der Waals surface area contributed by atoms with E-state index in [9.17, 15) is 4.79 Å². The Morgan fingerprint density at radius 3 is 2.55 bits per heavy atom. The van der Waals surface area contributed by atoms with Crippen LogP contribution in [-0.2, 0) is 11.3 Å². The van der Waals surface area contributed by atoms with Gasteiger partial charge in [0, 0.05) is 51.3 Å². The first-order valence-corrected chi connectivity index (χ1v) is 8.06. The number of amides is 1. The molecule has 0 aromatic heterocycles. The molecule has 1 aromatic carbocycles. The zero-order valence-electron chi connectivity index (χ0n) is 13.7. The topological polar surface area (TPSA) is 44.8 Å². The molecule has 1 heterocycles. The van der Waals surface area contributed by atoms with E-state index in [0.717, 1.165) is 50.6 Å². The molecule has 1 aromatic rings. The summed E-state index contributed by atoms with van der Waals surface area (Å²) >= 11 is 0. The Morgan fingerprint density at radius 1 is 1.18 bits per heavy atom. The summed E-state index contributed by atoms with van der Waals surface area (Å²) in [6.45, 7) is 9.02. The number of nitrogens with one attached hydrogen (secondary N) is 1. The third kappa shape index (κ3) is 5.00. The van der Waals surface area contributed by atoms with Gasteiger partial charge in [0.05, 0.1) is 7.11 Å². The normalized spacial score (nSPS) is 16.5. The van der Waals surface area contributed by atoms with E-state index in [1.165, 1.54) is 0 Å². The molecule has 1 aliphatic rings. The van der Waals surface area contributed by atoms with Crippen LogP contribution in [-0.4, -0.2) is 62.1 Å². The molecule has 1 saturated heterocycles. The average molecular weight is 305 g/mol. The van der Waals surface area contributed by atoms with Gasteiger partial charge < -0.3 is 19.9 Å². The Morgan fingerprint density at radius 2 is 1.86 bits per heavy atom. The number of carbonyl (C=O) groups excluding carboxylic acids is 1. The van der Waals surface area contributed by atoms with E-state index in [0.29, 0.717) is 13.0 Å². The minimum absolute atomic E-state index is 0.101. The number of piperazine rings is 1. The molecule has 0 atom stereocenters. The molecular weight excluding hydrogens is 278 g/mol. The van der Waals surface area contributed by atoms with Crippen molar-refractivity contribution < 1.29 is 9.53 Å². The number of hydrogen-bond donors (Lipinski definition) is 1. The van der Waals surface area contributed by atoms with Crippen molar-refractivity contribution in [1.82, 2.24) is 15.1 Å². The first-order chi connectivity index (χ1) is 10.7. The molecule has 2 rings (SSSR count). The van der Waals surface area contributed by atoms with Gasteiger partial charge in [0.25, 0.3) is 0 Å². The number of ether oxygens (including phenoxy) is 1. The standard InChI is InChI=1S/C17H27N3O2/c1-3-19-10-12-20(13-11-19)9-8-17(21)18-14-15-6-4-5-7-16(15)22-2/h4-7H,3,8-14H2,1-2H3,(H,18,21). The molecule has 22 heavy (non-hydrogen) atoms. The van der Waals surface area contributed by atoms with Gasteiger partial charge in [-0.3, -0.25) is 4.79 Å². The minimum Gasteiger partial charge on any atom is -0.496 e. The maximum absolute atomic E-state index is 12.0. The van der Waals surface area contributed by atoms with Crippen LogP contribution in [0.25, 0.3) is 0 Å². The van der Waals surface area contributed by atoms with Crippen molar-refractivity contribution >= 4 is 5.91 Å². The Kier molecular flexibility index (Phi) is 6.68. The monoisotopic (exact) mass is 305 g/mol. The second-order valence-electron chi connectivity index (χ2n) is 5.61. The van der Waals surface area contributed by atoms with Gasteiger partial charge in [-0.05, 0) is 12.6 Å². The minimum atomic E-state index is 0.101. The smallest absolute Gasteiger partial charge is 0.221 e.